The van der Waals surface area contributed by atoms with Gasteiger partial charge in [0.25, 0.3) is 0 Å². The van der Waals surface area contributed by atoms with Crippen LogP contribution in [0.15, 0.2) is 29.2 Å². The van der Waals surface area contributed by atoms with Crippen molar-refractivity contribution < 1.29 is 9.32 Å². The van der Waals surface area contributed by atoms with Crippen molar-refractivity contribution in [1.82, 2.24) is 0 Å². The lowest BCUT2D eigenvalue weighted by Crippen LogP contribution is -2.62. The summed E-state index contributed by atoms with van der Waals surface area (Å²) in [6.07, 6.45) is 5.17. The van der Waals surface area contributed by atoms with Gasteiger partial charge in [-0.3, -0.25) is 4.21 Å². The molecule has 0 aromatic heterocycles. The van der Waals surface area contributed by atoms with E-state index in [2.05, 4.69) is 0 Å². The maximum atomic E-state index is 12.5. The highest BCUT2D eigenvalue weighted by Crippen LogP contribution is 2.51. The van der Waals surface area contributed by atoms with E-state index < -0.39 is 16.4 Å². The van der Waals surface area contributed by atoms with Crippen molar-refractivity contribution in [2.45, 2.75) is 54.8 Å². The van der Waals surface area contributed by atoms with Crippen LogP contribution in [-0.2, 0) is 10.8 Å². The smallest absolute Gasteiger partial charge is 0.0822 e. The molecule has 98 valence electrons. The lowest BCUT2D eigenvalue weighted by molar-refractivity contribution is -0.113. The largest absolute Gasteiger partial charge is 0.388 e. The second kappa shape index (κ2) is 4.46. The molecule has 2 fully saturated rings. The van der Waals surface area contributed by atoms with E-state index in [0.29, 0.717) is 5.92 Å². The fraction of sp³-hybridized carbons (Fsp3) is 0.600. The first-order chi connectivity index (χ1) is 8.61. The summed E-state index contributed by atoms with van der Waals surface area (Å²) < 4.78 is 12.5. The molecule has 2 saturated carbocycles. The summed E-state index contributed by atoms with van der Waals surface area (Å²) in [7, 11) is -1.06. The molecule has 0 amide bonds. The first-order valence-electron chi connectivity index (χ1n) is 6.81. The van der Waals surface area contributed by atoms with Crippen LogP contribution in [0.2, 0.25) is 0 Å². The minimum Gasteiger partial charge on any atom is -0.388 e. The molecule has 0 unspecified atom stereocenters. The van der Waals surface area contributed by atoms with Gasteiger partial charge < -0.3 is 5.11 Å². The molecule has 3 rings (SSSR count). The van der Waals surface area contributed by atoms with Crippen LogP contribution >= 0.6 is 0 Å². The molecular weight excluding hydrogens is 244 g/mol. The number of rotatable bonds is 2. The van der Waals surface area contributed by atoms with Crippen LogP contribution in [-0.4, -0.2) is 20.2 Å². The van der Waals surface area contributed by atoms with Crippen molar-refractivity contribution >= 4 is 10.8 Å². The minimum atomic E-state index is -1.06. The fourth-order valence-corrected chi connectivity index (χ4v) is 5.23. The van der Waals surface area contributed by atoms with E-state index in [4.69, 9.17) is 0 Å². The van der Waals surface area contributed by atoms with E-state index in [-0.39, 0.29) is 5.25 Å². The van der Waals surface area contributed by atoms with Crippen molar-refractivity contribution in [2.24, 2.45) is 5.92 Å². The molecule has 0 saturated heterocycles. The highest BCUT2D eigenvalue weighted by molar-refractivity contribution is 7.85. The zero-order valence-electron chi connectivity index (χ0n) is 10.8. The van der Waals surface area contributed by atoms with Gasteiger partial charge in [-0.2, -0.15) is 0 Å². The van der Waals surface area contributed by atoms with Gasteiger partial charge >= 0.3 is 0 Å². The predicted octanol–water partition coefficient (Wildman–Crippen LogP) is 2.80. The van der Waals surface area contributed by atoms with E-state index in [0.717, 1.165) is 30.6 Å². The van der Waals surface area contributed by atoms with Crippen molar-refractivity contribution in [1.29, 1.82) is 0 Å². The van der Waals surface area contributed by atoms with E-state index in [1.165, 1.54) is 12.0 Å². The number of hydrogen-bond acceptors (Lipinski definition) is 2. The first-order valence-corrected chi connectivity index (χ1v) is 8.02. The van der Waals surface area contributed by atoms with Crippen molar-refractivity contribution in [3.63, 3.8) is 0 Å². The summed E-state index contributed by atoms with van der Waals surface area (Å²) in [6.45, 7) is 2.03. The average molecular weight is 264 g/mol. The monoisotopic (exact) mass is 264 g/mol. The normalized spacial score (nSPS) is 36.6. The SMILES string of the molecule is Cc1ccc([S@](=O)[C@@H]2C[C@@H]3CCCC[C@@]32O)cc1. The molecule has 0 aliphatic heterocycles. The van der Waals surface area contributed by atoms with Crippen molar-refractivity contribution in [3.8, 4) is 0 Å². The summed E-state index contributed by atoms with van der Waals surface area (Å²) >= 11 is 0. The Morgan fingerprint density at radius 2 is 2.00 bits per heavy atom. The molecule has 0 spiro atoms. The van der Waals surface area contributed by atoms with Crippen LogP contribution in [0.5, 0.6) is 0 Å². The first kappa shape index (κ1) is 12.4. The van der Waals surface area contributed by atoms with Crippen LogP contribution in [0.25, 0.3) is 0 Å². The van der Waals surface area contributed by atoms with Crippen molar-refractivity contribution in [2.75, 3.05) is 0 Å². The van der Waals surface area contributed by atoms with Crippen molar-refractivity contribution in [3.05, 3.63) is 29.8 Å². The van der Waals surface area contributed by atoms with Gasteiger partial charge in [0.05, 0.1) is 21.7 Å². The highest BCUT2D eigenvalue weighted by Gasteiger charge is 2.57. The molecule has 4 atom stereocenters. The van der Waals surface area contributed by atoms with Crippen LogP contribution in [0.4, 0.5) is 0 Å². The standard InChI is InChI=1S/C15H20O2S/c1-11-5-7-13(8-6-11)18(17)14-10-12-4-2-3-9-15(12,14)16/h5-8,12,14,16H,2-4,9-10H2,1H3/t12-,14+,15+,18-/m0/s1. The lowest BCUT2D eigenvalue weighted by atomic mass is 9.61. The second-order valence-corrected chi connectivity index (χ2v) is 7.40. The van der Waals surface area contributed by atoms with Gasteiger partial charge in [0.15, 0.2) is 0 Å². The summed E-state index contributed by atoms with van der Waals surface area (Å²) in [5, 5.41) is 10.6. The molecule has 3 heteroatoms. The number of aliphatic hydroxyl groups is 1. The summed E-state index contributed by atoms with van der Waals surface area (Å²) in [4.78, 5) is 0.864. The molecule has 1 aromatic carbocycles. The van der Waals surface area contributed by atoms with E-state index in [1.807, 2.05) is 31.2 Å². The molecule has 18 heavy (non-hydrogen) atoms. The van der Waals surface area contributed by atoms with Crippen LogP contribution in [0.3, 0.4) is 0 Å². The van der Waals surface area contributed by atoms with Crippen LogP contribution in [0, 0.1) is 12.8 Å². The average Bonchev–Trinajstić information content (AvgIpc) is 2.35. The zero-order valence-corrected chi connectivity index (χ0v) is 11.6. The summed E-state index contributed by atoms with van der Waals surface area (Å²) in [5.41, 5.74) is 0.534. The maximum Gasteiger partial charge on any atom is 0.0822 e. The predicted molar refractivity (Wildman–Crippen MR) is 72.9 cm³/mol. The molecular formula is C15H20O2S. The summed E-state index contributed by atoms with van der Waals surface area (Å²) in [5.74, 6) is 0.394. The third-order valence-corrected chi connectivity index (χ3v) is 6.51. The van der Waals surface area contributed by atoms with E-state index in [1.54, 1.807) is 0 Å². The lowest BCUT2D eigenvalue weighted by Gasteiger charge is -2.54. The van der Waals surface area contributed by atoms with Gasteiger partial charge in [-0.05, 0) is 44.2 Å². The topological polar surface area (TPSA) is 37.3 Å². The highest BCUT2D eigenvalue weighted by atomic mass is 32.2. The van der Waals surface area contributed by atoms with Gasteiger partial charge in [0.2, 0.25) is 0 Å². The van der Waals surface area contributed by atoms with Crippen LogP contribution in [0.1, 0.15) is 37.7 Å². The van der Waals surface area contributed by atoms with Gasteiger partial charge in [0, 0.05) is 4.90 Å². The molecule has 0 radical (unpaired) electrons. The molecule has 2 aliphatic rings. The number of hydrogen-bond donors (Lipinski definition) is 1. The molecule has 2 aliphatic carbocycles. The Morgan fingerprint density at radius 1 is 1.28 bits per heavy atom. The van der Waals surface area contributed by atoms with E-state index >= 15 is 0 Å². The Labute approximate surface area is 111 Å². The van der Waals surface area contributed by atoms with Gasteiger partial charge in [-0.15, -0.1) is 0 Å². The molecule has 2 nitrogen and oxygen atoms in total. The second-order valence-electron chi connectivity index (χ2n) is 5.77. The Hall–Kier alpha value is -0.670. The molecule has 1 aromatic rings. The van der Waals surface area contributed by atoms with Gasteiger partial charge in [-0.1, -0.05) is 30.5 Å². The van der Waals surface area contributed by atoms with Gasteiger partial charge in [0.1, 0.15) is 0 Å². The summed E-state index contributed by atoms with van der Waals surface area (Å²) in [6, 6.07) is 7.86. The quantitative estimate of drug-likeness (QED) is 0.892. The molecule has 0 bridgehead atoms. The Balaban J connectivity index is 1.80. The molecule has 0 heterocycles. The number of fused-ring (bicyclic) bond motifs is 1. The Morgan fingerprint density at radius 3 is 2.67 bits per heavy atom. The number of aryl methyl sites for hydroxylation is 1. The molecule has 1 N–H and O–H groups in total. The Kier molecular flexibility index (Phi) is 3.07. The third kappa shape index (κ3) is 1.84. The number of benzene rings is 1. The van der Waals surface area contributed by atoms with Crippen LogP contribution < -0.4 is 0 Å². The maximum absolute atomic E-state index is 12.5. The van der Waals surface area contributed by atoms with Gasteiger partial charge in [-0.25, -0.2) is 0 Å². The Bertz CT molecular complexity index is 468. The minimum absolute atomic E-state index is 0.0505. The fourth-order valence-electron chi connectivity index (χ4n) is 3.41. The zero-order chi connectivity index (χ0) is 12.8. The van der Waals surface area contributed by atoms with E-state index in [9.17, 15) is 9.32 Å². The third-order valence-electron chi connectivity index (χ3n) is 4.65.